The van der Waals surface area contributed by atoms with Gasteiger partial charge in [0.15, 0.2) is 11.6 Å². The number of benzene rings is 1. The summed E-state index contributed by atoms with van der Waals surface area (Å²) in [6.45, 7) is 6.80. The van der Waals surface area contributed by atoms with Gasteiger partial charge in [0, 0.05) is 31.7 Å². The van der Waals surface area contributed by atoms with Crippen molar-refractivity contribution in [2.75, 3.05) is 13.1 Å². The second-order valence-corrected chi connectivity index (χ2v) is 4.84. The van der Waals surface area contributed by atoms with Crippen molar-refractivity contribution in [3.05, 3.63) is 35.4 Å². The molecule has 1 aliphatic rings. The van der Waals surface area contributed by atoms with Gasteiger partial charge in [-0.2, -0.15) is 0 Å². The Morgan fingerprint density at radius 2 is 2.06 bits per heavy atom. The average Bonchev–Trinajstić information content (AvgIpc) is 2.29. The van der Waals surface area contributed by atoms with E-state index in [9.17, 15) is 8.78 Å². The van der Waals surface area contributed by atoms with Gasteiger partial charge in [-0.1, -0.05) is 6.07 Å². The third-order valence-corrected chi connectivity index (χ3v) is 3.26. The third-order valence-electron chi connectivity index (χ3n) is 3.26. The SMILES string of the molecule is CC1CN(Cc2ccc(F)c(F)c2)C(C)CN1. The minimum Gasteiger partial charge on any atom is -0.311 e. The minimum absolute atomic E-state index is 0.416. The van der Waals surface area contributed by atoms with E-state index in [0.717, 1.165) is 18.7 Å². The van der Waals surface area contributed by atoms with E-state index < -0.39 is 11.6 Å². The standard InChI is InChI=1S/C13H18F2N2/c1-9-7-17(10(2)6-16-9)8-11-3-4-12(14)13(15)5-11/h3-5,9-10,16H,6-8H2,1-2H3. The lowest BCUT2D eigenvalue weighted by Gasteiger charge is -2.37. The van der Waals surface area contributed by atoms with Crippen LogP contribution in [0.2, 0.25) is 0 Å². The predicted molar refractivity (Wildman–Crippen MR) is 63.7 cm³/mol. The quantitative estimate of drug-likeness (QED) is 0.852. The lowest BCUT2D eigenvalue weighted by Crippen LogP contribution is -2.53. The van der Waals surface area contributed by atoms with Crippen molar-refractivity contribution in [1.82, 2.24) is 10.2 Å². The first-order valence-electron chi connectivity index (χ1n) is 5.97. The largest absolute Gasteiger partial charge is 0.311 e. The molecule has 0 aromatic heterocycles. The Morgan fingerprint density at radius 3 is 2.76 bits per heavy atom. The summed E-state index contributed by atoms with van der Waals surface area (Å²) < 4.78 is 25.9. The molecule has 2 nitrogen and oxygen atoms in total. The molecule has 94 valence electrons. The van der Waals surface area contributed by atoms with Crippen LogP contribution in [0.1, 0.15) is 19.4 Å². The molecule has 1 aromatic carbocycles. The molecule has 1 N–H and O–H groups in total. The van der Waals surface area contributed by atoms with Gasteiger partial charge in [0.2, 0.25) is 0 Å². The molecule has 1 fully saturated rings. The molecule has 0 amide bonds. The van der Waals surface area contributed by atoms with Gasteiger partial charge >= 0.3 is 0 Å². The summed E-state index contributed by atoms with van der Waals surface area (Å²) in [6.07, 6.45) is 0. The Hall–Kier alpha value is -1.00. The number of halogens is 2. The van der Waals surface area contributed by atoms with Gasteiger partial charge in [-0.3, -0.25) is 4.90 Å². The first kappa shape index (κ1) is 12.5. The second-order valence-electron chi connectivity index (χ2n) is 4.84. The summed E-state index contributed by atoms with van der Waals surface area (Å²) in [6, 6.07) is 4.99. The maximum atomic E-state index is 13.1. The van der Waals surface area contributed by atoms with Crippen molar-refractivity contribution in [3.8, 4) is 0 Å². The topological polar surface area (TPSA) is 15.3 Å². The molecule has 2 unspecified atom stereocenters. The zero-order valence-electron chi connectivity index (χ0n) is 10.2. The predicted octanol–water partition coefficient (Wildman–Crippen LogP) is 2.15. The Kier molecular flexibility index (Phi) is 3.74. The number of nitrogens with zero attached hydrogens (tertiary/aromatic N) is 1. The molecule has 1 saturated heterocycles. The van der Waals surface area contributed by atoms with Crippen LogP contribution >= 0.6 is 0 Å². The van der Waals surface area contributed by atoms with Crippen LogP contribution < -0.4 is 5.32 Å². The number of piperazine rings is 1. The van der Waals surface area contributed by atoms with E-state index in [2.05, 4.69) is 24.1 Å². The average molecular weight is 240 g/mol. The number of hydrogen-bond donors (Lipinski definition) is 1. The van der Waals surface area contributed by atoms with E-state index in [4.69, 9.17) is 0 Å². The van der Waals surface area contributed by atoms with Crippen LogP contribution in [-0.2, 0) is 6.54 Å². The molecule has 2 atom stereocenters. The molecule has 0 radical (unpaired) electrons. The molecule has 1 heterocycles. The zero-order chi connectivity index (χ0) is 12.4. The monoisotopic (exact) mass is 240 g/mol. The first-order valence-corrected chi connectivity index (χ1v) is 5.97. The summed E-state index contributed by atoms with van der Waals surface area (Å²) in [5, 5.41) is 3.39. The van der Waals surface area contributed by atoms with Gasteiger partial charge in [0.05, 0.1) is 0 Å². The van der Waals surface area contributed by atoms with E-state index in [0.29, 0.717) is 18.6 Å². The van der Waals surface area contributed by atoms with E-state index in [1.165, 1.54) is 12.1 Å². The van der Waals surface area contributed by atoms with E-state index >= 15 is 0 Å². The fourth-order valence-corrected chi connectivity index (χ4v) is 2.19. The molecule has 0 aliphatic carbocycles. The highest BCUT2D eigenvalue weighted by atomic mass is 19.2. The molecule has 0 bridgehead atoms. The maximum Gasteiger partial charge on any atom is 0.159 e. The van der Waals surface area contributed by atoms with Crippen LogP contribution in [0.5, 0.6) is 0 Å². The lowest BCUT2D eigenvalue weighted by molar-refractivity contribution is 0.138. The highest BCUT2D eigenvalue weighted by Crippen LogP contribution is 2.14. The molecule has 0 saturated carbocycles. The van der Waals surface area contributed by atoms with Crippen molar-refractivity contribution >= 4 is 0 Å². The maximum absolute atomic E-state index is 13.1. The summed E-state index contributed by atoms with van der Waals surface area (Å²) in [5.41, 5.74) is 0.824. The number of nitrogens with one attached hydrogen (secondary N) is 1. The van der Waals surface area contributed by atoms with Gasteiger partial charge in [-0.25, -0.2) is 8.78 Å². The fourth-order valence-electron chi connectivity index (χ4n) is 2.19. The molecular formula is C13H18F2N2. The smallest absolute Gasteiger partial charge is 0.159 e. The van der Waals surface area contributed by atoms with Crippen LogP contribution in [0.15, 0.2) is 18.2 Å². The molecule has 4 heteroatoms. The Morgan fingerprint density at radius 1 is 1.29 bits per heavy atom. The van der Waals surface area contributed by atoms with Gasteiger partial charge in [-0.05, 0) is 31.5 Å². The number of hydrogen-bond acceptors (Lipinski definition) is 2. The van der Waals surface area contributed by atoms with E-state index in [-0.39, 0.29) is 0 Å². The minimum atomic E-state index is -0.782. The lowest BCUT2D eigenvalue weighted by atomic mass is 10.1. The summed E-state index contributed by atoms with van der Waals surface area (Å²) in [4.78, 5) is 2.29. The Balaban J connectivity index is 2.06. The molecule has 0 spiro atoms. The van der Waals surface area contributed by atoms with Crippen LogP contribution in [0, 0.1) is 11.6 Å². The Bertz CT molecular complexity index is 395. The fraction of sp³-hybridized carbons (Fsp3) is 0.538. The van der Waals surface area contributed by atoms with E-state index in [1.54, 1.807) is 6.07 Å². The van der Waals surface area contributed by atoms with Crippen LogP contribution in [0.25, 0.3) is 0 Å². The van der Waals surface area contributed by atoms with Crippen LogP contribution in [-0.4, -0.2) is 30.1 Å². The summed E-state index contributed by atoms with van der Waals surface area (Å²) in [5.74, 6) is -1.55. The molecule has 2 rings (SSSR count). The molecule has 1 aliphatic heterocycles. The highest BCUT2D eigenvalue weighted by molar-refractivity contribution is 5.18. The van der Waals surface area contributed by atoms with Crippen LogP contribution in [0.4, 0.5) is 8.78 Å². The third kappa shape index (κ3) is 3.01. The van der Waals surface area contributed by atoms with Gasteiger partial charge in [-0.15, -0.1) is 0 Å². The van der Waals surface area contributed by atoms with Gasteiger partial charge in [0.25, 0.3) is 0 Å². The number of rotatable bonds is 2. The molecule has 17 heavy (non-hydrogen) atoms. The molecular weight excluding hydrogens is 222 g/mol. The van der Waals surface area contributed by atoms with Crippen molar-refractivity contribution in [2.45, 2.75) is 32.5 Å². The van der Waals surface area contributed by atoms with Crippen molar-refractivity contribution in [2.24, 2.45) is 0 Å². The van der Waals surface area contributed by atoms with Crippen molar-refractivity contribution < 1.29 is 8.78 Å². The van der Waals surface area contributed by atoms with Crippen molar-refractivity contribution in [1.29, 1.82) is 0 Å². The van der Waals surface area contributed by atoms with Gasteiger partial charge in [0.1, 0.15) is 0 Å². The second kappa shape index (κ2) is 5.10. The zero-order valence-corrected chi connectivity index (χ0v) is 10.2. The van der Waals surface area contributed by atoms with Crippen LogP contribution in [0.3, 0.4) is 0 Å². The Labute approximate surface area is 101 Å². The summed E-state index contributed by atoms with van der Waals surface area (Å²) in [7, 11) is 0. The van der Waals surface area contributed by atoms with E-state index in [1.807, 2.05) is 0 Å². The highest BCUT2D eigenvalue weighted by Gasteiger charge is 2.22. The first-order chi connectivity index (χ1) is 8.06. The molecule has 1 aromatic rings. The van der Waals surface area contributed by atoms with Crippen molar-refractivity contribution in [3.63, 3.8) is 0 Å². The van der Waals surface area contributed by atoms with Gasteiger partial charge < -0.3 is 5.32 Å². The normalized spacial score (nSPS) is 26.1. The summed E-state index contributed by atoms with van der Waals surface area (Å²) >= 11 is 0.